The predicted molar refractivity (Wildman–Crippen MR) is 72.8 cm³/mol. The van der Waals surface area contributed by atoms with Crippen molar-refractivity contribution in [2.45, 2.75) is 25.4 Å². The van der Waals surface area contributed by atoms with Crippen molar-refractivity contribution in [1.82, 2.24) is 10.2 Å². The molecule has 0 amide bonds. The number of nitrogens with zero attached hydrogens (tertiary/aromatic N) is 1. The van der Waals surface area contributed by atoms with Crippen LogP contribution in [0.2, 0.25) is 0 Å². The van der Waals surface area contributed by atoms with Crippen molar-refractivity contribution in [1.29, 1.82) is 0 Å². The van der Waals surface area contributed by atoms with Crippen molar-refractivity contribution in [3.63, 3.8) is 0 Å². The molecule has 1 aromatic rings. The Morgan fingerprint density at radius 1 is 1.22 bits per heavy atom. The third-order valence-electron chi connectivity index (χ3n) is 4.38. The monoisotopic (exact) mass is 246 g/mol. The zero-order valence-electron chi connectivity index (χ0n) is 11.1. The van der Waals surface area contributed by atoms with Crippen LogP contribution in [0.4, 0.5) is 0 Å². The van der Waals surface area contributed by atoms with Gasteiger partial charge >= 0.3 is 0 Å². The molecule has 0 aliphatic carbocycles. The number of rotatable bonds is 4. The highest BCUT2D eigenvalue weighted by atomic mass is 16.5. The molecular weight excluding hydrogens is 224 g/mol. The van der Waals surface area contributed by atoms with Crippen molar-refractivity contribution in [2.24, 2.45) is 5.92 Å². The molecule has 0 aromatic heterocycles. The molecule has 3 heterocycles. The number of ether oxygens (including phenoxy) is 1. The van der Waals surface area contributed by atoms with E-state index in [1.165, 1.54) is 38.0 Å². The molecule has 98 valence electrons. The summed E-state index contributed by atoms with van der Waals surface area (Å²) < 4.78 is 5.18. The molecule has 3 fully saturated rings. The van der Waals surface area contributed by atoms with E-state index in [0.29, 0.717) is 6.04 Å². The Labute approximate surface area is 109 Å². The molecule has 1 N–H and O–H groups in total. The molecular formula is C15H22N2O. The summed E-state index contributed by atoms with van der Waals surface area (Å²) in [5.74, 6) is 1.83. The van der Waals surface area contributed by atoms with Gasteiger partial charge in [-0.25, -0.2) is 0 Å². The molecule has 3 nitrogen and oxygen atoms in total. The van der Waals surface area contributed by atoms with Crippen LogP contribution < -0.4 is 10.1 Å². The summed E-state index contributed by atoms with van der Waals surface area (Å²) >= 11 is 0. The van der Waals surface area contributed by atoms with Crippen molar-refractivity contribution >= 4 is 0 Å². The average Bonchev–Trinajstić information content (AvgIpc) is 2.47. The summed E-state index contributed by atoms with van der Waals surface area (Å²) in [6, 6.07) is 9.05. The molecule has 1 atom stereocenters. The number of benzene rings is 1. The lowest BCUT2D eigenvalue weighted by atomic mass is 9.84. The zero-order valence-corrected chi connectivity index (χ0v) is 11.1. The predicted octanol–water partition coefficient (Wildman–Crippen LogP) is 1.88. The quantitative estimate of drug-likeness (QED) is 0.878. The van der Waals surface area contributed by atoms with Gasteiger partial charge in [0.1, 0.15) is 5.75 Å². The van der Waals surface area contributed by atoms with Crippen molar-refractivity contribution < 1.29 is 4.74 Å². The number of hydrogen-bond acceptors (Lipinski definition) is 3. The number of methoxy groups -OCH3 is 1. The van der Waals surface area contributed by atoms with Crippen LogP contribution >= 0.6 is 0 Å². The first-order valence-corrected chi connectivity index (χ1v) is 6.94. The van der Waals surface area contributed by atoms with Crippen molar-refractivity contribution in [2.75, 3.05) is 26.7 Å². The van der Waals surface area contributed by atoms with E-state index in [4.69, 9.17) is 4.74 Å². The van der Waals surface area contributed by atoms with E-state index in [1.807, 2.05) is 12.1 Å². The lowest BCUT2D eigenvalue weighted by molar-refractivity contribution is 0.0720. The number of fused-ring (bicyclic) bond motifs is 3. The van der Waals surface area contributed by atoms with E-state index in [0.717, 1.165) is 18.2 Å². The minimum Gasteiger partial charge on any atom is -0.497 e. The highest BCUT2D eigenvalue weighted by Gasteiger charge is 2.33. The summed E-state index contributed by atoms with van der Waals surface area (Å²) in [7, 11) is 1.71. The van der Waals surface area contributed by atoms with Gasteiger partial charge in [0.25, 0.3) is 0 Å². The Morgan fingerprint density at radius 2 is 1.94 bits per heavy atom. The third kappa shape index (κ3) is 2.52. The maximum atomic E-state index is 5.18. The molecule has 2 bridgehead atoms. The van der Waals surface area contributed by atoms with Gasteiger partial charge in [-0.15, -0.1) is 0 Å². The van der Waals surface area contributed by atoms with Crippen LogP contribution in [0.3, 0.4) is 0 Å². The smallest absolute Gasteiger partial charge is 0.118 e. The molecule has 4 rings (SSSR count). The van der Waals surface area contributed by atoms with Crippen LogP contribution in [-0.2, 0) is 6.54 Å². The van der Waals surface area contributed by atoms with Crippen molar-refractivity contribution in [3.8, 4) is 5.75 Å². The molecule has 18 heavy (non-hydrogen) atoms. The molecule has 0 saturated carbocycles. The van der Waals surface area contributed by atoms with Gasteiger partial charge in [-0.2, -0.15) is 0 Å². The fourth-order valence-corrected chi connectivity index (χ4v) is 3.19. The molecule has 3 aliphatic rings. The maximum absolute atomic E-state index is 5.18. The van der Waals surface area contributed by atoms with E-state index in [9.17, 15) is 0 Å². The second-order valence-electron chi connectivity index (χ2n) is 5.47. The SMILES string of the molecule is COc1ccc(CN[C@@H]2CN3CCC2CC3)cc1. The number of piperidine rings is 3. The number of hydrogen-bond donors (Lipinski definition) is 1. The first kappa shape index (κ1) is 12.0. The van der Waals surface area contributed by atoms with E-state index >= 15 is 0 Å². The Hall–Kier alpha value is -1.06. The minimum atomic E-state index is 0.689. The van der Waals surface area contributed by atoms with Gasteiger partial charge in [0.15, 0.2) is 0 Å². The summed E-state index contributed by atoms with van der Waals surface area (Å²) in [6.07, 6.45) is 2.75. The maximum Gasteiger partial charge on any atom is 0.118 e. The van der Waals surface area contributed by atoms with Crippen LogP contribution in [0.25, 0.3) is 0 Å². The van der Waals surface area contributed by atoms with Gasteiger partial charge < -0.3 is 15.0 Å². The summed E-state index contributed by atoms with van der Waals surface area (Å²) in [4.78, 5) is 2.59. The average molecular weight is 246 g/mol. The zero-order chi connectivity index (χ0) is 12.4. The van der Waals surface area contributed by atoms with Gasteiger partial charge in [-0.3, -0.25) is 0 Å². The normalized spacial score (nSPS) is 30.4. The second-order valence-corrected chi connectivity index (χ2v) is 5.47. The second kappa shape index (κ2) is 5.29. The summed E-state index contributed by atoms with van der Waals surface area (Å²) in [6.45, 7) is 4.83. The Bertz CT molecular complexity index is 382. The van der Waals surface area contributed by atoms with E-state index in [2.05, 4.69) is 22.3 Å². The van der Waals surface area contributed by atoms with Gasteiger partial charge in [-0.05, 0) is 49.5 Å². The first-order chi connectivity index (χ1) is 8.85. The molecule has 0 unspecified atom stereocenters. The Morgan fingerprint density at radius 3 is 2.50 bits per heavy atom. The van der Waals surface area contributed by atoms with E-state index in [-0.39, 0.29) is 0 Å². The standard InChI is InChI=1S/C15H22N2O/c1-18-14-4-2-12(3-5-14)10-16-15-11-17-8-6-13(15)7-9-17/h2-5,13,15-16H,6-11H2,1H3/t15-/m1/s1. The van der Waals surface area contributed by atoms with Crippen LogP contribution in [-0.4, -0.2) is 37.7 Å². The van der Waals surface area contributed by atoms with E-state index < -0.39 is 0 Å². The molecule has 3 aliphatic heterocycles. The van der Waals surface area contributed by atoms with Gasteiger partial charge in [0.05, 0.1) is 7.11 Å². The molecule has 0 radical (unpaired) electrons. The van der Waals surface area contributed by atoms with Gasteiger partial charge in [-0.1, -0.05) is 12.1 Å². The van der Waals surface area contributed by atoms with E-state index in [1.54, 1.807) is 7.11 Å². The lowest BCUT2D eigenvalue weighted by Gasteiger charge is -2.45. The Kier molecular flexibility index (Phi) is 3.52. The lowest BCUT2D eigenvalue weighted by Crippen LogP contribution is -2.55. The third-order valence-corrected chi connectivity index (χ3v) is 4.38. The molecule has 3 heteroatoms. The fourth-order valence-electron chi connectivity index (χ4n) is 3.19. The highest BCUT2D eigenvalue weighted by molar-refractivity contribution is 5.27. The van der Waals surface area contributed by atoms with Gasteiger partial charge in [0.2, 0.25) is 0 Å². The topological polar surface area (TPSA) is 24.5 Å². The summed E-state index contributed by atoms with van der Waals surface area (Å²) in [5.41, 5.74) is 1.34. The highest BCUT2D eigenvalue weighted by Crippen LogP contribution is 2.27. The van der Waals surface area contributed by atoms with Crippen LogP contribution in [0.15, 0.2) is 24.3 Å². The largest absolute Gasteiger partial charge is 0.497 e. The summed E-state index contributed by atoms with van der Waals surface area (Å²) in [5, 5.41) is 3.72. The van der Waals surface area contributed by atoms with Crippen LogP contribution in [0, 0.1) is 5.92 Å². The fraction of sp³-hybridized carbons (Fsp3) is 0.600. The Balaban J connectivity index is 1.54. The number of nitrogens with one attached hydrogen (secondary N) is 1. The molecule has 1 aromatic carbocycles. The molecule has 3 saturated heterocycles. The minimum absolute atomic E-state index is 0.689. The van der Waals surface area contributed by atoms with Crippen molar-refractivity contribution in [3.05, 3.63) is 29.8 Å². The van der Waals surface area contributed by atoms with Crippen LogP contribution in [0.1, 0.15) is 18.4 Å². The molecule has 0 spiro atoms. The first-order valence-electron chi connectivity index (χ1n) is 6.94. The van der Waals surface area contributed by atoms with Gasteiger partial charge in [0, 0.05) is 19.1 Å². The van der Waals surface area contributed by atoms with Crippen LogP contribution in [0.5, 0.6) is 5.75 Å².